The van der Waals surface area contributed by atoms with Crippen molar-refractivity contribution in [2.45, 2.75) is 65.6 Å². The molecule has 1 aromatic carbocycles. The summed E-state index contributed by atoms with van der Waals surface area (Å²) in [7, 11) is 0. The number of benzene rings is 1. The summed E-state index contributed by atoms with van der Waals surface area (Å²) >= 11 is 1.58. The molecule has 0 aliphatic heterocycles. The van der Waals surface area contributed by atoms with Crippen LogP contribution in [0.25, 0.3) is 10.2 Å². The van der Waals surface area contributed by atoms with Crippen molar-refractivity contribution >= 4 is 50.7 Å². The molecule has 0 bridgehead atoms. The number of alkyl carbamates (subject to hydrolysis) is 1. The standard InChI is InChI=1S/C25H34N6O3S/c1-15(2)29-20-12-22(31-17-7-8-19-21(11-17)35-14-28-19)27-13-18(20)23(32)26-10-9-16(3)30-24(33)34-25(4,5)6/h7-8,11-16H,9-10H2,1-6H3,(H,26,32)(H,30,33)(H2,27,29,31)/t16-/m1/s1. The van der Waals surface area contributed by atoms with Gasteiger partial charge in [-0.05, 0) is 66.2 Å². The van der Waals surface area contributed by atoms with Gasteiger partial charge >= 0.3 is 6.09 Å². The van der Waals surface area contributed by atoms with Gasteiger partial charge in [0.15, 0.2) is 0 Å². The van der Waals surface area contributed by atoms with Crippen molar-refractivity contribution < 1.29 is 14.3 Å². The van der Waals surface area contributed by atoms with Crippen molar-refractivity contribution in [2.24, 2.45) is 0 Å². The maximum atomic E-state index is 12.9. The van der Waals surface area contributed by atoms with Crippen LogP contribution in [0.3, 0.4) is 0 Å². The lowest BCUT2D eigenvalue weighted by Crippen LogP contribution is -2.39. The van der Waals surface area contributed by atoms with Gasteiger partial charge in [-0.25, -0.2) is 14.8 Å². The minimum atomic E-state index is -0.556. The number of aromatic nitrogens is 2. The fraction of sp³-hybridized carbons (Fsp3) is 0.440. The average molecular weight is 499 g/mol. The minimum absolute atomic E-state index is 0.128. The van der Waals surface area contributed by atoms with Crippen molar-refractivity contribution in [1.82, 2.24) is 20.6 Å². The molecule has 2 amide bonds. The highest BCUT2D eigenvalue weighted by molar-refractivity contribution is 7.16. The maximum absolute atomic E-state index is 12.9. The van der Waals surface area contributed by atoms with E-state index in [9.17, 15) is 9.59 Å². The van der Waals surface area contributed by atoms with Crippen molar-refractivity contribution in [3.63, 3.8) is 0 Å². The normalized spacial score (nSPS) is 12.3. The van der Waals surface area contributed by atoms with Crippen LogP contribution in [0.1, 0.15) is 58.3 Å². The lowest BCUT2D eigenvalue weighted by atomic mass is 10.1. The predicted octanol–water partition coefficient (Wildman–Crippen LogP) is 5.29. The lowest BCUT2D eigenvalue weighted by Gasteiger charge is -2.22. The van der Waals surface area contributed by atoms with E-state index < -0.39 is 11.7 Å². The molecule has 0 radical (unpaired) electrons. The van der Waals surface area contributed by atoms with Crippen molar-refractivity contribution in [2.75, 3.05) is 17.2 Å². The summed E-state index contributed by atoms with van der Waals surface area (Å²) in [5.74, 6) is 0.395. The number of hydrogen-bond acceptors (Lipinski definition) is 8. The van der Waals surface area contributed by atoms with E-state index in [2.05, 4.69) is 31.2 Å². The van der Waals surface area contributed by atoms with E-state index in [1.54, 1.807) is 17.5 Å². The molecule has 3 rings (SSSR count). The summed E-state index contributed by atoms with van der Waals surface area (Å²) < 4.78 is 6.35. The summed E-state index contributed by atoms with van der Waals surface area (Å²) in [5.41, 5.74) is 4.26. The second-order valence-electron chi connectivity index (χ2n) is 9.67. The zero-order chi connectivity index (χ0) is 25.6. The number of carbonyl (C=O) groups is 2. The number of rotatable bonds is 9. The molecule has 2 heterocycles. The third kappa shape index (κ3) is 8.10. The number of thiazole rings is 1. The number of fused-ring (bicyclic) bond motifs is 1. The molecule has 35 heavy (non-hydrogen) atoms. The molecule has 4 N–H and O–H groups in total. The van der Waals surface area contributed by atoms with E-state index in [1.807, 2.05) is 71.3 Å². The monoisotopic (exact) mass is 498 g/mol. The Morgan fingerprint density at radius 2 is 1.89 bits per heavy atom. The lowest BCUT2D eigenvalue weighted by molar-refractivity contribution is 0.0507. The van der Waals surface area contributed by atoms with Gasteiger partial charge in [-0.3, -0.25) is 4.79 Å². The Bertz CT molecular complexity index is 1170. The number of ether oxygens (including phenoxy) is 1. The van der Waals surface area contributed by atoms with Gasteiger partial charge in [0.2, 0.25) is 0 Å². The number of nitrogens with zero attached hydrogens (tertiary/aromatic N) is 2. The topological polar surface area (TPSA) is 117 Å². The number of hydrogen-bond donors (Lipinski definition) is 4. The van der Waals surface area contributed by atoms with Gasteiger partial charge in [-0.2, -0.15) is 0 Å². The van der Waals surface area contributed by atoms with E-state index in [-0.39, 0.29) is 18.0 Å². The fourth-order valence-corrected chi connectivity index (χ4v) is 4.01. The van der Waals surface area contributed by atoms with Crippen LogP contribution in [-0.2, 0) is 4.74 Å². The van der Waals surface area contributed by atoms with Crippen LogP contribution in [0.5, 0.6) is 0 Å². The van der Waals surface area contributed by atoms with Crippen LogP contribution in [-0.4, -0.2) is 46.2 Å². The Balaban J connectivity index is 1.62. The number of anilines is 3. The first-order valence-electron chi connectivity index (χ1n) is 11.6. The first kappa shape index (κ1) is 26.2. The number of nitrogens with one attached hydrogen (secondary N) is 4. The van der Waals surface area contributed by atoms with Gasteiger partial charge < -0.3 is 26.0 Å². The van der Waals surface area contributed by atoms with Gasteiger partial charge in [0, 0.05) is 36.6 Å². The van der Waals surface area contributed by atoms with Crippen molar-refractivity contribution in [3.8, 4) is 0 Å². The highest BCUT2D eigenvalue weighted by Gasteiger charge is 2.18. The molecule has 3 aromatic rings. The van der Waals surface area contributed by atoms with E-state index >= 15 is 0 Å². The number of amides is 2. The highest BCUT2D eigenvalue weighted by atomic mass is 32.1. The number of carbonyl (C=O) groups excluding carboxylic acids is 2. The molecule has 1 atom stereocenters. The Morgan fingerprint density at radius 3 is 2.60 bits per heavy atom. The molecule has 10 heteroatoms. The van der Waals surface area contributed by atoms with Gasteiger partial charge in [-0.1, -0.05) is 0 Å². The molecule has 2 aromatic heterocycles. The summed E-state index contributed by atoms with van der Waals surface area (Å²) in [6.45, 7) is 11.7. The predicted molar refractivity (Wildman–Crippen MR) is 142 cm³/mol. The van der Waals surface area contributed by atoms with Crippen LogP contribution >= 0.6 is 11.3 Å². The molecule has 9 nitrogen and oxygen atoms in total. The summed E-state index contributed by atoms with van der Waals surface area (Å²) in [6, 6.07) is 7.74. The largest absolute Gasteiger partial charge is 0.444 e. The highest BCUT2D eigenvalue weighted by Crippen LogP contribution is 2.26. The average Bonchev–Trinajstić information content (AvgIpc) is 3.19. The Labute approximate surface area is 210 Å². The fourth-order valence-electron chi connectivity index (χ4n) is 3.29. The minimum Gasteiger partial charge on any atom is -0.444 e. The van der Waals surface area contributed by atoms with E-state index in [0.29, 0.717) is 30.0 Å². The quantitative estimate of drug-likeness (QED) is 0.317. The third-order valence-corrected chi connectivity index (χ3v) is 5.61. The van der Waals surface area contributed by atoms with Crippen LogP contribution in [0.4, 0.5) is 22.0 Å². The van der Waals surface area contributed by atoms with E-state index in [4.69, 9.17) is 4.74 Å². The molecule has 0 aliphatic rings. The SMILES string of the molecule is CC(C)Nc1cc(Nc2ccc3ncsc3c2)ncc1C(=O)NCC[C@@H](C)NC(=O)OC(C)(C)C. The smallest absolute Gasteiger partial charge is 0.407 e. The molecule has 0 aliphatic carbocycles. The second-order valence-corrected chi connectivity index (χ2v) is 10.6. The second kappa shape index (κ2) is 11.4. The van der Waals surface area contributed by atoms with Gasteiger partial charge in [-0.15, -0.1) is 11.3 Å². The zero-order valence-electron chi connectivity index (χ0n) is 21.1. The van der Waals surface area contributed by atoms with E-state index in [1.165, 1.54) is 0 Å². The van der Waals surface area contributed by atoms with Crippen LogP contribution in [0.15, 0.2) is 36.0 Å². The van der Waals surface area contributed by atoms with Crippen LogP contribution in [0, 0.1) is 0 Å². The summed E-state index contributed by atoms with van der Waals surface area (Å²) in [6.07, 6.45) is 1.66. The van der Waals surface area contributed by atoms with Gasteiger partial charge in [0.25, 0.3) is 5.91 Å². The zero-order valence-corrected chi connectivity index (χ0v) is 21.9. The van der Waals surface area contributed by atoms with Crippen molar-refractivity contribution in [1.29, 1.82) is 0 Å². The summed E-state index contributed by atoms with van der Waals surface area (Å²) in [5, 5.41) is 12.3. The Hall–Kier alpha value is -3.40. The van der Waals surface area contributed by atoms with E-state index in [0.717, 1.165) is 15.9 Å². The molecular weight excluding hydrogens is 464 g/mol. The molecule has 0 fully saturated rings. The van der Waals surface area contributed by atoms with Crippen LogP contribution < -0.4 is 21.3 Å². The Morgan fingerprint density at radius 1 is 1.11 bits per heavy atom. The summed E-state index contributed by atoms with van der Waals surface area (Å²) in [4.78, 5) is 33.5. The molecular formula is C25H34N6O3S. The molecule has 0 spiro atoms. The molecule has 188 valence electrons. The van der Waals surface area contributed by atoms with Gasteiger partial charge in [0.05, 0.1) is 27.0 Å². The molecule has 0 unspecified atom stereocenters. The Kier molecular flexibility index (Phi) is 8.50. The number of pyridine rings is 1. The van der Waals surface area contributed by atoms with Crippen molar-refractivity contribution in [3.05, 3.63) is 41.5 Å². The first-order valence-corrected chi connectivity index (χ1v) is 12.5. The third-order valence-electron chi connectivity index (χ3n) is 4.82. The van der Waals surface area contributed by atoms with Gasteiger partial charge in [0.1, 0.15) is 11.4 Å². The maximum Gasteiger partial charge on any atom is 0.407 e. The molecule has 0 saturated heterocycles. The first-order chi connectivity index (χ1) is 16.5. The van der Waals surface area contributed by atoms with Crippen LogP contribution in [0.2, 0.25) is 0 Å². The molecule has 0 saturated carbocycles.